The van der Waals surface area contributed by atoms with E-state index >= 15 is 0 Å². The van der Waals surface area contributed by atoms with Gasteiger partial charge in [0.05, 0.1) is 0 Å². The van der Waals surface area contributed by atoms with Gasteiger partial charge >= 0.3 is 11.9 Å². The summed E-state index contributed by atoms with van der Waals surface area (Å²) in [6.07, 6.45) is 0.205. The summed E-state index contributed by atoms with van der Waals surface area (Å²) in [5.74, 6) is -1.95. The van der Waals surface area contributed by atoms with Crippen molar-refractivity contribution >= 4 is 11.9 Å². The largest absolute Gasteiger partial charge is 0.478 e. The van der Waals surface area contributed by atoms with Gasteiger partial charge in [0, 0.05) is 12.0 Å². The van der Waals surface area contributed by atoms with Crippen LogP contribution in [0.2, 0.25) is 0 Å². The summed E-state index contributed by atoms with van der Waals surface area (Å²) < 4.78 is 4.77. The second-order valence-electron chi connectivity index (χ2n) is 3.66. The van der Waals surface area contributed by atoms with Gasteiger partial charge in [0.2, 0.25) is 6.10 Å². The number of hydrogen-bond donors (Lipinski definition) is 1. The number of carbonyl (C=O) groups is 2. The number of carboxylic acids is 1. The highest BCUT2D eigenvalue weighted by Gasteiger charge is 2.24. The van der Waals surface area contributed by atoms with Crippen LogP contribution in [0.25, 0.3) is 0 Å². The first-order valence-corrected chi connectivity index (χ1v) is 4.43. The van der Waals surface area contributed by atoms with E-state index in [-0.39, 0.29) is 5.92 Å². The highest BCUT2D eigenvalue weighted by atomic mass is 16.6. The van der Waals surface area contributed by atoms with Gasteiger partial charge in [-0.1, -0.05) is 19.4 Å². The second-order valence-corrected chi connectivity index (χ2v) is 3.66. The minimum atomic E-state index is -1.12. The lowest BCUT2D eigenvalue weighted by Gasteiger charge is -2.15. The Labute approximate surface area is 83.6 Å². The quantitative estimate of drug-likeness (QED) is 0.553. The molecule has 0 spiro atoms. The van der Waals surface area contributed by atoms with Gasteiger partial charge in [-0.15, -0.1) is 0 Å². The Bertz CT molecular complexity index is 249. The van der Waals surface area contributed by atoms with Crippen LogP contribution in [0, 0.1) is 5.92 Å². The number of carbonyl (C=O) groups excluding carboxylic acids is 1. The number of esters is 1. The molecule has 4 heteroatoms. The van der Waals surface area contributed by atoms with E-state index in [0.29, 0.717) is 0 Å². The summed E-state index contributed by atoms with van der Waals surface area (Å²) in [4.78, 5) is 21.8. The van der Waals surface area contributed by atoms with E-state index in [9.17, 15) is 9.59 Å². The highest BCUT2D eigenvalue weighted by Crippen LogP contribution is 2.07. The molecule has 1 unspecified atom stereocenters. The predicted octanol–water partition coefficient (Wildman–Crippen LogP) is 1.60. The molecular weight excluding hydrogens is 184 g/mol. The van der Waals surface area contributed by atoms with Crippen molar-refractivity contribution < 1.29 is 19.4 Å². The molecule has 0 saturated heterocycles. The van der Waals surface area contributed by atoms with E-state index in [2.05, 4.69) is 0 Å². The Hall–Kier alpha value is -1.32. The summed E-state index contributed by atoms with van der Waals surface area (Å²) in [7, 11) is 0. The number of rotatable bonds is 4. The maximum absolute atomic E-state index is 11.1. The SMILES string of the molecule is CC(C)=CC(=O)OC(C(=O)O)C(C)C. The first kappa shape index (κ1) is 12.7. The number of ether oxygens (including phenoxy) is 1. The predicted molar refractivity (Wildman–Crippen MR) is 51.8 cm³/mol. The normalized spacial score (nSPS) is 12.1. The third-order valence-corrected chi connectivity index (χ3v) is 1.50. The molecule has 0 heterocycles. The van der Waals surface area contributed by atoms with Gasteiger partial charge in [-0.3, -0.25) is 0 Å². The Morgan fingerprint density at radius 1 is 1.29 bits per heavy atom. The van der Waals surface area contributed by atoms with Crippen molar-refractivity contribution in [3.05, 3.63) is 11.6 Å². The first-order chi connectivity index (χ1) is 6.34. The number of carboxylic acid groups (broad SMARTS) is 1. The molecule has 80 valence electrons. The number of hydrogen-bond acceptors (Lipinski definition) is 3. The summed E-state index contributed by atoms with van der Waals surface area (Å²) in [5, 5.41) is 8.73. The van der Waals surface area contributed by atoms with Crippen LogP contribution in [-0.4, -0.2) is 23.1 Å². The smallest absolute Gasteiger partial charge is 0.345 e. The van der Waals surface area contributed by atoms with Crippen LogP contribution in [0.1, 0.15) is 27.7 Å². The van der Waals surface area contributed by atoms with Gasteiger partial charge in [-0.2, -0.15) is 0 Å². The molecule has 0 radical (unpaired) electrons. The molecule has 1 atom stereocenters. The molecule has 0 aromatic heterocycles. The van der Waals surface area contributed by atoms with Crippen LogP contribution in [0.15, 0.2) is 11.6 Å². The van der Waals surface area contributed by atoms with E-state index in [1.807, 2.05) is 0 Å². The fourth-order valence-corrected chi connectivity index (χ4v) is 0.867. The van der Waals surface area contributed by atoms with Crippen LogP contribution in [-0.2, 0) is 14.3 Å². The van der Waals surface area contributed by atoms with E-state index < -0.39 is 18.0 Å². The van der Waals surface area contributed by atoms with Gasteiger partial charge in [0.1, 0.15) is 0 Å². The number of aliphatic carboxylic acids is 1. The van der Waals surface area contributed by atoms with Crippen molar-refractivity contribution in [2.24, 2.45) is 5.92 Å². The lowest BCUT2D eigenvalue weighted by Crippen LogP contribution is -2.31. The van der Waals surface area contributed by atoms with Gasteiger partial charge < -0.3 is 9.84 Å². The van der Waals surface area contributed by atoms with E-state index in [1.165, 1.54) is 6.08 Å². The molecule has 0 aliphatic carbocycles. The monoisotopic (exact) mass is 200 g/mol. The Morgan fingerprint density at radius 2 is 1.79 bits per heavy atom. The van der Waals surface area contributed by atoms with Crippen LogP contribution in [0.4, 0.5) is 0 Å². The molecule has 0 amide bonds. The molecule has 0 aliphatic rings. The van der Waals surface area contributed by atoms with Crippen molar-refractivity contribution in [3.8, 4) is 0 Å². The standard InChI is InChI=1S/C10H16O4/c1-6(2)5-8(11)14-9(7(3)4)10(12)13/h5,7,9H,1-4H3,(H,12,13). The summed E-state index contributed by atoms with van der Waals surface area (Å²) >= 11 is 0. The van der Waals surface area contributed by atoms with E-state index in [4.69, 9.17) is 9.84 Å². The molecular formula is C10H16O4. The second kappa shape index (κ2) is 5.42. The Kier molecular flexibility index (Phi) is 4.91. The third-order valence-electron chi connectivity index (χ3n) is 1.50. The molecule has 0 aliphatic heterocycles. The van der Waals surface area contributed by atoms with Gasteiger partial charge in [-0.25, -0.2) is 9.59 Å². The van der Waals surface area contributed by atoms with Gasteiger partial charge in [-0.05, 0) is 13.8 Å². The van der Waals surface area contributed by atoms with E-state index in [1.54, 1.807) is 27.7 Å². The lowest BCUT2D eigenvalue weighted by atomic mass is 10.1. The zero-order valence-corrected chi connectivity index (χ0v) is 8.90. The van der Waals surface area contributed by atoms with Crippen LogP contribution < -0.4 is 0 Å². The number of allylic oxidation sites excluding steroid dienone is 1. The van der Waals surface area contributed by atoms with Gasteiger partial charge in [0.25, 0.3) is 0 Å². The summed E-state index contributed by atoms with van der Waals surface area (Å²) in [6, 6.07) is 0. The molecule has 0 rings (SSSR count). The first-order valence-electron chi connectivity index (χ1n) is 4.43. The molecule has 1 N–H and O–H groups in total. The molecule has 0 bridgehead atoms. The van der Waals surface area contributed by atoms with Gasteiger partial charge in [0.15, 0.2) is 0 Å². The zero-order valence-electron chi connectivity index (χ0n) is 8.90. The maximum atomic E-state index is 11.1. The molecule has 4 nitrogen and oxygen atoms in total. The topological polar surface area (TPSA) is 63.6 Å². The van der Waals surface area contributed by atoms with Crippen molar-refractivity contribution in [2.45, 2.75) is 33.8 Å². The molecule has 0 aromatic carbocycles. The average molecular weight is 200 g/mol. The maximum Gasteiger partial charge on any atom is 0.345 e. The Balaban J connectivity index is 4.39. The fourth-order valence-electron chi connectivity index (χ4n) is 0.867. The third kappa shape index (κ3) is 4.64. The zero-order chi connectivity index (χ0) is 11.3. The van der Waals surface area contributed by atoms with Crippen LogP contribution >= 0.6 is 0 Å². The Morgan fingerprint density at radius 3 is 2.07 bits per heavy atom. The highest BCUT2D eigenvalue weighted by molar-refractivity contribution is 5.85. The average Bonchev–Trinajstić information content (AvgIpc) is 1.97. The molecule has 0 aromatic rings. The fraction of sp³-hybridized carbons (Fsp3) is 0.600. The lowest BCUT2D eigenvalue weighted by molar-refractivity contribution is -0.163. The molecule has 0 fully saturated rings. The van der Waals surface area contributed by atoms with Crippen molar-refractivity contribution in [1.82, 2.24) is 0 Å². The van der Waals surface area contributed by atoms with Crippen molar-refractivity contribution in [3.63, 3.8) is 0 Å². The minimum Gasteiger partial charge on any atom is -0.478 e. The van der Waals surface area contributed by atoms with Crippen molar-refractivity contribution in [1.29, 1.82) is 0 Å². The van der Waals surface area contributed by atoms with Crippen LogP contribution in [0.3, 0.4) is 0 Å². The minimum absolute atomic E-state index is 0.234. The molecule has 0 saturated carbocycles. The van der Waals surface area contributed by atoms with Crippen molar-refractivity contribution in [2.75, 3.05) is 0 Å². The van der Waals surface area contributed by atoms with E-state index in [0.717, 1.165) is 5.57 Å². The summed E-state index contributed by atoms with van der Waals surface area (Å²) in [6.45, 7) is 6.86. The molecule has 14 heavy (non-hydrogen) atoms. The van der Waals surface area contributed by atoms with Crippen LogP contribution in [0.5, 0.6) is 0 Å². The summed E-state index contributed by atoms with van der Waals surface area (Å²) in [5.41, 5.74) is 0.780.